The van der Waals surface area contributed by atoms with E-state index in [1.807, 2.05) is 13.0 Å². The molecule has 0 spiro atoms. The summed E-state index contributed by atoms with van der Waals surface area (Å²) in [7, 11) is 0. The van der Waals surface area contributed by atoms with E-state index in [2.05, 4.69) is 6.92 Å². The highest BCUT2D eigenvalue weighted by Crippen LogP contribution is 2.50. The fourth-order valence-electron chi connectivity index (χ4n) is 6.68. The molecule has 182 valence electrons. The lowest BCUT2D eigenvalue weighted by Gasteiger charge is -2.31. The Morgan fingerprint density at radius 1 is 1.18 bits per heavy atom. The van der Waals surface area contributed by atoms with Crippen molar-refractivity contribution >= 4 is 17.9 Å². The largest absolute Gasteiger partial charge is 0.505 e. The Balaban J connectivity index is 1.29. The topological polar surface area (TPSA) is 66.8 Å². The number of nitrogens with zero attached hydrogens (tertiary/aromatic N) is 1. The number of allylic oxidation sites excluding steroid dienone is 2. The quantitative estimate of drug-likeness (QED) is 0.466. The average molecular weight is 468 g/mol. The van der Waals surface area contributed by atoms with Crippen molar-refractivity contribution in [3.8, 4) is 5.75 Å². The Morgan fingerprint density at radius 2 is 1.94 bits per heavy atom. The molecular formula is C28H34FNO4. The first-order valence-electron chi connectivity index (χ1n) is 12.7. The van der Waals surface area contributed by atoms with Crippen molar-refractivity contribution in [2.45, 2.75) is 77.4 Å². The first kappa shape index (κ1) is 23.3. The van der Waals surface area contributed by atoms with Gasteiger partial charge in [-0.1, -0.05) is 42.6 Å². The minimum absolute atomic E-state index is 0.00395. The lowest BCUT2D eigenvalue weighted by Crippen LogP contribution is -2.42. The Bertz CT molecular complexity index is 1050. The fraction of sp³-hybridized carbons (Fsp3) is 0.571. The molecule has 3 fully saturated rings. The molecule has 1 aromatic rings. The molecule has 5 rings (SSSR count). The van der Waals surface area contributed by atoms with Gasteiger partial charge in [0.15, 0.2) is 11.6 Å². The van der Waals surface area contributed by atoms with Gasteiger partial charge in [0.2, 0.25) is 11.8 Å². The molecule has 1 N–H and O–H groups in total. The normalized spacial score (nSPS) is 30.2. The summed E-state index contributed by atoms with van der Waals surface area (Å²) >= 11 is 0. The second-order valence-electron chi connectivity index (χ2n) is 10.6. The maximum atomic E-state index is 13.6. The summed E-state index contributed by atoms with van der Waals surface area (Å²) in [6.45, 7) is 4.61. The standard InChI is InChI=1S/C28H34FNO4/c1-16(12-18-9-10-23(31)22(29)14-18)8-11-24-25-17(2)13-20-26(21(25)15-34-24)28(33)30(27(20)32)19-6-4-3-5-7-19/h9-10,12,14,19-21,24,26,31H,3-8,11,13,15H2,1-2H3/b16-12+/t20-,21+,24-,26-/m1/s1. The van der Waals surface area contributed by atoms with Gasteiger partial charge < -0.3 is 9.84 Å². The second-order valence-corrected chi connectivity index (χ2v) is 10.6. The minimum atomic E-state index is -0.626. The molecule has 0 radical (unpaired) electrons. The summed E-state index contributed by atoms with van der Waals surface area (Å²) < 4.78 is 19.9. The van der Waals surface area contributed by atoms with Crippen LogP contribution < -0.4 is 0 Å². The number of rotatable bonds is 5. The van der Waals surface area contributed by atoms with Crippen LogP contribution in [0.3, 0.4) is 0 Å². The van der Waals surface area contributed by atoms with Crippen molar-refractivity contribution in [3.05, 3.63) is 46.3 Å². The average Bonchev–Trinajstić information content (AvgIpc) is 3.35. The summed E-state index contributed by atoms with van der Waals surface area (Å²) in [6, 6.07) is 4.47. The van der Waals surface area contributed by atoms with E-state index in [1.165, 1.54) is 29.7 Å². The number of fused-ring (bicyclic) bond motifs is 3. The van der Waals surface area contributed by atoms with Crippen LogP contribution >= 0.6 is 0 Å². The number of carbonyl (C=O) groups excluding carboxylic acids is 2. The number of carbonyl (C=O) groups is 2. The van der Waals surface area contributed by atoms with Crippen molar-refractivity contribution in [2.75, 3.05) is 6.61 Å². The Hall–Kier alpha value is -2.47. The number of phenols is 1. The van der Waals surface area contributed by atoms with Gasteiger partial charge in [-0.3, -0.25) is 14.5 Å². The molecular weight excluding hydrogens is 433 g/mol. The van der Waals surface area contributed by atoms with E-state index < -0.39 is 5.82 Å². The van der Waals surface area contributed by atoms with E-state index in [-0.39, 0.29) is 47.5 Å². The van der Waals surface area contributed by atoms with E-state index in [0.29, 0.717) is 18.6 Å². The van der Waals surface area contributed by atoms with Gasteiger partial charge in [-0.05, 0) is 69.2 Å². The van der Waals surface area contributed by atoms with Crippen LogP contribution in [0.5, 0.6) is 5.75 Å². The molecule has 1 saturated carbocycles. The van der Waals surface area contributed by atoms with E-state index >= 15 is 0 Å². The van der Waals surface area contributed by atoms with Crippen molar-refractivity contribution < 1.29 is 23.8 Å². The SMILES string of the molecule is CC1=C2[C@@H](CC/C(C)=C/c3ccc(O)c(F)c3)OC[C@@H]2[C@@H]2C(=O)N(C3CCCCC3)C(=O)[C@@H]2C1. The summed E-state index contributed by atoms with van der Waals surface area (Å²) in [6.07, 6.45) is 9.38. The first-order valence-corrected chi connectivity index (χ1v) is 12.7. The molecule has 0 bridgehead atoms. The van der Waals surface area contributed by atoms with Gasteiger partial charge in [-0.25, -0.2) is 4.39 Å². The Kier molecular flexibility index (Phi) is 6.36. The number of phenolic OH excluding ortho intramolecular Hbond substituents is 1. The molecule has 4 aliphatic rings. The lowest BCUT2D eigenvalue weighted by molar-refractivity contribution is -0.143. The summed E-state index contributed by atoms with van der Waals surface area (Å²) in [5.41, 5.74) is 4.26. The highest BCUT2D eigenvalue weighted by molar-refractivity contribution is 6.06. The summed E-state index contributed by atoms with van der Waals surface area (Å²) in [5.74, 6) is -1.38. The van der Waals surface area contributed by atoms with Crippen LogP contribution in [-0.4, -0.2) is 40.6 Å². The van der Waals surface area contributed by atoms with E-state index in [9.17, 15) is 19.1 Å². The molecule has 0 unspecified atom stereocenters. The van der Waals surface area contributed by atoms with Gasteiger partial charge in [-0.15, -0.1) is 0 Å². The number of halogens is 1. The first-order chi connectivity index (χ1) is 16.3. The number of aromatic hydroxyl groups is 1. The number of likely N-dealkylation sites (tertiary alicyclic amines) is 1. The summed E-state index contributed by atoms with van der Waals surface area (Å²) in [4.78, 5) is 28.4. The van der Waals surface area contributed by atoms with Crippen molar-refractivity contribution in [1.29, 1.82) is 0 Å². The second kappa shape index (κ2) is 9.29. The van der Waals surface area contributed by atoms with Crippen molar-refractivity contribution in [2.24, 2.45) is 17.8 Å². The van der Waals surface area contributed by atoms with Crippen LogP contribution in [0, 0.1) is 23.6 Å². The van der Waals surface area contributed by atoms with Gasteiger partial charge in [0.05, 0.1) is 24.5 Å². The van der Waals surface area contributed by atoms with Crippen molar-refractivity contribution in [1.82, 2.24) is 4.90 Å². The molecule has 1 aromatic carbocycles. The molecule has 4 atom stereocenters. The maximum Gasteiger partial charge on any atom is 0.234 e. The smallest absolute Gasteiger partial charge is 0.234 e. The molecule has 0 aromatic heterocycles. The Labute approximate surface area is 200 Å². The van der Waals surface area contributed by atoms with Crippen LogP contribution in [0.25, 0.3) is 6.08 Å². The molecule has 5 nitrogen and oxygen atoms in total. The zero-order valence-electron chi connectivity index (χ0n) is 20.1. The maximum absolute atomic E-state index is 13.6. The minimum Gasteiger partial charge on any atom is -0.505 e. The molecule has 2 heterocycles. The van der Waals surface area contributed by atoms with E-state index in [0.717, 1.165) is 44.1 Å². The number of amides is 2. The van der Waals surface area contributed by atoms with Gasteiger partial charge in [0, 0.05) is 12.0 Å². The molecule has 6 heteroatoms. The number of hydrogen-bond acceptors (Lipinski definition) is 4. The molecule has 2 aliphatic heterocycles. The van der Waals surface area contributed by atoms with Crippen LogP contribution in [0.4, 0.5) is 4.39 Å². The number of imide groups is 1. The van der Waals surface area contributed by atoms with E-state index in [4.69, 9.17) is 4.74 Å². The van der Waals surface area contributed by atoms with Gasteiger partial charge >= 0.3 is 0 Å². The fourth-order valence-corrected chi connectivity index (χ4v) is 6.68. The predicted molar refractivity (Wildman–Crippen MR) is 127 cm³/mol. The number of benzene rings is 1. The van der Waals surface area contributed by atoms with Crippen LogP contribution in [0.15, 0.2) is 34.9 Å². The molecule has 2 saturated heterocycles. The highest BCUT2D eigenvalue weighted by atomic mass is 19.1. The number of ether oxygens (including phenoxy) is 1. The Morgan fingerprint density at radius 3 is 2.68 bits per heavy atom. The third kappa shape index (κ3) is 4.10. The lowest BCUT2D eigenvalue weighted by atomic mass is 9.70. The van der Waals surface area contributed by atoms with Gasteiger partial charge in [0.25, 0.3) is 0 Å². The zero-order chi connectivity index (χ0) is 24.0. The summed E-state index contributed by atoms with van der Waals surface area (Å²) in [5, 5.41) is 9.38. The predicted octanol–water partition coefficient (Wildman–Crippen LogP) is 5.38. The van der Waals surface area contributed by atoms with Crippen molar-refractivity contribution in [3.63, 3.8) is 0 Å². The number of hydrogen-bond donors (Lipinski definition) is 1. The molecule has 2 amide bonds. The highest BCUT2D eigenvalue weighted by Gasteiger charge is 2.57. The third-order valence-electron chi connectivity index (χ3n) is 8.31. The monoisotopic (exact) mass is 467 g/mol. The van der Waals surface area contributed by atoms with Crippen LogP contribution in [0.2, 0.25) is 0 Å². The van der Waals surface area contributed by atoms with Crippen LogP contribution in [-0.2, 0) is 14.3 Å². The third-order valence-corrected chi connectivity index (χ3v) is 8.31. The van der Waals surface area contributed by atoms with E-state index in [1.54, 1.807) is 11.0 Å². The zero-order valence-corrected chi connectivity index (χ0v) is 20.1. The van der Waals surface area contributed by atoms with Crippen LogP contribution in [0.1, 0.15) is 70.8 Å². The molecule has 2 aliphatic carbocycles. The van der Waals surface area contributed by atoms with Gasteiger partial charge in [-0.2, -0.15) is 0 Å². The molecule has 34 heavy (non-hydrogen) atoms. The van der Waals surface area contributed by atoms with Gasteiger partial charge in [0.1, 0.15) is 0 Å².